The minimum absolute atomic E-state index is 0. The van der Waals surface area contributed by atoms with E-state index >= 15 is 0 Å². The van der Waals surface area contributed by atoms with Gasteiger partial charge in [-0.05, 0) is 145 Å². The van der Waals surface area contributed by atoms with Crippen molar-refractivity contribution in [1.82, 2.24) is 39.9 Å². The van der Waals surface area contributed by atoms with Crippen LogP contribution in [0.3, 0.4) is 0 Å². The maximum atomic E-state index is 6.40. The van der Waals surface area contributed by atoms with Gasteiger partial charge in [0.25, 0.3) is 0 Å². The fourth-order valence-corrected chi connectivity index (χ4v) is 22.3. The summed E-state index contributed by atoms with van der Waals surface area (Å²) >= 11 is 0. The Morgan fingerprint density at radius 3 is 0.865 bits per heavy atom. The molecule has 12 aromatic carbocycles. The van der Waals surface area contributed by atoms with Gasteiger partial charge >= 0.3 is 0 Å². The number of fused-ring (bicyclic) bond motifs is 12. The molecule has 148 heavy (non-hydrogen) atoms. The van der Waals surface area contributed by atoms with Gasteiger partial charge in [-0.3, -0.25) is 0 Å². The molecule has 12 aromatic heterocycles. The Kier molecular flexibility index (Phi) is 38.4. The molecule has 0 aliphatic carbocycles. The predicted octanol–water partition coefficient (Wildman–Crippen LogP) is 31.4. The van der Waals surface area contributed by atoms with E-state index in [2.05, 4.69) is 316 Å². The number of nitrogens with zero attached hydrogens (tertiary/aromatic N) is 8. The Hall–Kier alpha value is -13.5. The molecule has 0 aliphatic rings. The Labute approximate surface area is 926 Å². The van der Waals surface area contributed by atoms with Crippen molar-refractivity contribution in [3.05, 3.63) is 460 Å². The average molecular weight is 2710 g/mol. The zero-order valence-corrected chi connectivity index (χ0v) is 99.1. The summed E-state index contributed by atoms with van der Waals surface area (Å²) in [5.74, 6) is 0. The van der Waals surface area contributed by atoms with E-state index in [-0.39, 0.29) is 80.4 Å². The number of aromatic nitrogens is 8. The van der Waals surface area contributed by atoms with Gasteiger partial charge in [-0.25, -0.2) is 0 Å². The first kappa shape index (κ1) is 112. The molecule has 20 heteroatoms. The molecule has 0 bridgehead atoms. The van der Waals surface area contributed by atoms with Gasteiger partial charge in [0.1, 0.15) is 22.3 Å². The molecule has 0 N–H and O–H groups in total. The van der Waals surface area contributed by atoms with E-state index in [0.29, 0.717) is 0 Å². The number of benzene rings is 12. The van der Waals surface area contributed by atoms with E-state index in [9.17, 15) is 0 Å². The minimum atomic E-state index is -1.49. The second-order valence-corrected chi connectivity index (χ2v) is 59.6. The number of aryl methyl sites for hydroxylation is 4. The number of pyridine rings is 8. The second kappa shape index (κ2) is 50.9. The first-order chi connectivity index (χ1) is 69.6. The molecule has 0 aliphatic heterocycles. The molecule has 0 amide bonds. The summed E-state index contributed by atoms with van der Waals surface area (Å²) in [5, 5.41) is 15.0. The first-order valence-electron chi connectivity index (χ1n) is 48.4. The largest absolute Gasteiger partial charge is 0.501 e. The molecule has 24 aromatic rings. The molecule has 0 saturated heterocycles. The first-order valence-corrected chi connectivity index (χ1v) is 62.4. The van der Waals surface area contributed by atoms with Crippen molar-refractivity contribution in [3.63, 3.8) is 0 Å². The van der Waals surface area contributed by atoms with Crippen LogP contribution in [0.1, 0.15) is 22.3 Å². The molecule has 0 unspecified atom stereocenters. The maximum Gasteiger partial charge on any atom is 0.120 e. The van der Waals surface area contributed by atoms with E-state index in [0.717, 1.165) is 156 Å². The summed E-state index contributed by atoms with van der Waals surface area (Å²) in [5.41, 5.74) is 27.5. The van der Waals surface area contributed by atoms with Crippen molar-refractivity contribution < 1.29 is 98.1 Å². The molecule has 4 radical (unpaired) electrons. The van der Waals surface area contributed by atoms with Gasteiger partial charge in [0, 0.05) is 152 Å². The molecule has 748 valence electrons. The third-order valence-corrected chi connectivity index (χ3v) is 32.5. The monoisotopic (exact) mass is 2710 g/mol. The normalized spacial score (nSPS) is 11.0. The quantitative estimate of drug-likeness (QED) is 0.0844. The Bertz CT molecular complexity index is 7910. The van der Waals surface area contributed by atoms with Crippen LogP contribution in [0.2, 0.25) is 78.6 Å². The van der Waals surface area contributed by atoms with Gasteiger partial charge in [-0.1, -0.05) is 288 Å². The Morgan fingerprint density at radius 1 is 0.196 bits per heavy atom. The number of hydrogen-bond acceptors (Lipinski definition) is 12. The summed E-state index contributed by atoms with van der Waals surface area (Å²) in [6.07, 6.45) is 14.5. The second-order valence-electron chi connectivity index (χ2n) is 39.4. The van der Waals surface area contributed by atoms with Crippen molar-refractivity contribution in [3.8, 4) is 90.1 Å². The minimum Gasteiger partial charge on any atom is -0.501 e. The molecule has 0 atom stereocenters. The van der Waals surface area contributed by atoms with Gasteiger partial charge in [-0.15, -0.1) is 216 Å². The third-order valence-electron chi connectivity index (χ3n) is 24.4. The van der Waals surface area contributed by atoms with E-state index in [4.69, 9.17) is 17.7 Å². The summed E-state index contributed by atoms with van der Waals surface area (Å²) in [7, 11) is -5.68. The standard InChI is InChI=1S/4C21H20NOSi.4C11H8N.4Ir/c1-14-11-12-22-18(13-14)17-9-5-7-15-16-8-6-10-19(24(2,3)4)21(16)23-20(15)17;1-14-11-12-22-17(13-14)15-7-5-8-16-20-18(23-21(15)16)9-6-10-19(20)24(2,3)4;1-14-10-11-22-19(12-14)18-7-5-6-17-16-9-8-15(24(2,3)4)13-20(16)23-21(17)18;1-14-10-11-22-19(12-14)17-7-5-6-16-18-13-15(24(2,3)4)8-9-20(18)23-21(16)17;4*1-2-6-10(7-3-1)11-8-4-5-9-12-11;;;;/h5-8,10-13H,1-4H3;3*5-6,8-13H,1-4H3;4*1-6,8-9H;;;;/q8*-1;;;;. The van der Waals surface area contributed by atoms with Crippen molar-refractivity contribution in [2.45, 2.75) is 106 Å². The maximum absolute atomic E-state index is 6.40. The molecular weight excluding hydrogens is 2590 g/mol. The van der Waals surface area contributed by atoms with Crippen molar-refractivity contribution in [2.24, 2.45) is 0 Å². The molecule has 0 saturated carbocycles. The van der Waals surface area contributed by atoms with Crippen molar-refractivity contribution in [1.29, 1.82) is 0 Å². The SMILES string of the molecule is Cc1ccnc(-c2[c-]ccc3c2oc2c([Si](C)(C)C)cccc23)c1.Cc1ccnc(-c2[c-]ccc3c2oc2cc([Si](C)(C)C)ccc23)c1.Cc1ccnc(-c2[c-]ccc3c2oc2ccc([Si](C)(C)C)cc23)c1.Cc1ccnc(-c2[c-]ccc3c2oc2cccc([Si](C)(C)C)c23)c1.[Ir].[Ir].[Ir].[Ir].[c-]1ccccc1-c1ccccn1.[c-]1ccccc1-c1ccccn1.[c-]1ccccc1-c1ccccn1.[c-]1ccccc1-c1ccccn1. The Balaban J connectivity index is 0.000000143. The van der Waals surface area contributed by atoms with Crippen LogP contribution < -0.4 is 20.7 Å². The van der Waals surface area contributed by atoms with Crippen LogP contribution >= 0.6 is 0 Å². The smallest absolute Gasteiger partial charge is 0.120 e. The van der Waals surface area contributed by atoms with Crippen molar-refractivity contribution >= 4 is 141 Å². The number of rotatable bonds is 12. The van der Waals surface area contributed by atoms with Gasteiger partial charge in [0.2, 0.25) is 0 Å². The summed E-state index contributed by atoms with van der Waals surface area (Å²) < 4.78 is 25.1. The molecule has 0 spiro atoms. The third kappa shape index (κ3) is 27.5. The fraction of sp³-hybridized carbons (Fsp3) is 0.125. The van der Waals surface area contributed by atoms with Gasteiger partial charge in [0.05, 0.1) is 54.6 Å². The number of para-hydroxylation sites is 1. The fourth-order valence-electron chi connectivity index (χ4n) is 16.9. The summed E-state index contributed by atoms with van der Waals surface area (Å²) in [6, 6.07) is 139. The van der Waals surface area contributed by atoms with Crippen LogP contribution in [0.15, 0.2) is 407 Å². The van der Waals surface area contributed by atoms with Crippen LogP contribution in [0.5, 0.6) is 0 Å². The molecular formula is C128H112Ir4N8O4Si4-8. The van der Waals surface area contributed by atoms with Gasteiger partial charge in [0.15, 0.2) is 0 Å². The number of furan rings is 4. The Morgan fingerprint density at radius 2 is 0.507 bits per heavy atom. The predicted molar refractivity (Wildman–Crippen MR) is 608 cm³/mol. The van der Waals surface area contributed by atoms with E-state index < -0.39 is 32.3 Å². The van der Waals surface area contributed by atoms with Crippen LogP contribution in [0.4, 0.5) is 0 Å². The zero-order chi connectivity index (χ0) is 100. The zero-order valence-electron chi connectivity index (χ0n) is 85.5. The average Bonchev–Trinajstić information content (AvgIpc) is 1.57. The number of hydrogen-bond donors (Lipinski definition) is 0. The van der Waals surface area contributed by atoms with Crippen LogP contribution in [0.25, 0.3) is 178 Å². The molecule has 24 rings (SSSR count). The molecule has 12 heterocycles. The van der Waals surface area contributed by atoms with E-state index in [1.807, 2.05) is 243 Å². The van der Waals surface area contributed by atoms with Crippen LogP contribution in [-0.4, -0.2) is 72.2 Å². The van der Waals surface area contributed by atoms with E-state index in [1.165, 1.54) is 64.5 Å². The van der Waals surface area contributed by atoms with E-state index in [1.54, 1.807) is 24.8 Å². The summed E-state index contributed by atoms with van der Waals surface area (Å²) in [4.78, 5) is 34.9. The molecule has 0 fully saturated rings. The molecule has 12 nitrogen and oxygen atoms in total. The van der Waals surface area contributed by atoms with Gasteiger partial charge in [-0.2, -0.15) is 0 Å². The summed E-state index contributed by atoms with van der Waals surface area (Å²) in [6.45, 7) is 36.6. The van der Waals surface area contributed by atoms with Crippen LogP contribution in [0, 0.1) is 76.2 Å². The van der Waals surface area contributed by atoms with Crippen LogP contribution in [-0.2, 0) is 80.4 Å². The topological polar surface area (TPSA) is 156 Å². The van der Waals surface area contributed by atoms with Crippen molar-refractivity contribution in [2.75, 3.05) is 0 Å². The van der Waals surface area contributed by atoms with Gasteiger partial charge < -0.3 is 57.5 Å².